The van der Waals surface area contributed by atoms with E-state index < -0.39 is 5.97 Å². The quantitative estimate of drug-likeness (QED) is 0.365. The Morgan fingerprint density at radius 2 is 2.12 bits per heavy atom. The van der Waals surface area contributed by atoms with Gasteiger partial charge in [-0.3, -0.25) is 0 Å². The first kappa shape index (κ1) is 12.4. The molecule has 0 spiro atoms. The van der Waals surface area contributed by atoms with E-state index in [2.05, 4.69) is 29.2 Å². The van der Waals surface area contributed by atoms with Crippen LogP contribution in [0.25, 0.3) is 0 Å². The molecule has 82 valence electrons. The number of thiol groups is 1. The zero-order chi connectivity index (χ0) is 11.8. The fourth-order valence-electron chi connectivity index (χ4n) is 1.03. The molecule has 1 rings (SSSR count). The summed E-state index contributed by atoms with van der Waals surface area (Å²) in [5.74, 6) is 5.65. The molecule has 0 unspecified atom stereocenters. The molecule has 0 atom stereocenters. The highest BCUT2D eigenvalue weighted by Crippen LogP contribution is 2.00. The topological polar surface area (TPSA) is 26.3 Å². The van der Waals surface area contributed by atoms with E-state index in [-0.39, 0.29) is 0 Å². The molecule has 0 fully saturated rings. The van der Waals surface area contributed by atoms with E-state index in [4.69, 9.17) is 0 Å². The Balaban J connectivity index is 2.79. The zero-order valence-corrected chi connectivity index (χ0v) is 9.83. The number of benzene rings is 1. The minimum Gasteiger partial charge on any atom is -0.466 e. The highest BCUT2D eigenvalue weighted by Gasteiger charge is 2.05. The average Bonchev–Trinajstić information content (AvgIpc) is 2.35. The molecule has 0 aliphatic rings. The van der Waals surface area contributed by atoms with Gasteiger partial charge in [-0.25, -0.2) is 4.79 Å². The summed E-state index contributed by atoms with van der Waals surface area (Å²) in [5, 5.41) is 0. The molecule has 0 bridgehead atoms. The van der Waals surface area contributed by atoms with Gasteiger partial charge in [0, 0.05) is 11.3 Å². The van der Waals surface area contributed by atoms with Gasteiger partial charge in [-0.05, 0) is 18.2 Å². The molecule has 0 heterocycles. The van der Waals surface area contributed by atoms with E-state index in [9.17, 15) is 4.79 Å². The number of ether oxygens (including phenoxy) is 1. The van der Waals surface area contributed by atoms with Crippen LogP contribution in [0.3, 0.4) is 0 Å². The maximum absolute atomic E-state index is 11.2. The molecular weight excluding hydrogens is 220 g/mol. The van der Waals surface area contributed by atoms with E-state index in [0.717, 1.165) is 5.56 Å². The number of hydrogen-bond acceptors (Lipinski definition) is 3. The second-order valence-corrected chi connectivity index (χ2v) is 3.27. The normalized spacial score (nSPS) is 10.2. The van der Waals surface area contributed by atoms with Crippen molar-refractivity contribution in [2.45, 2.75) is 0 Å². The summed E-state index contributed by atoms with van der Waals surface area (Å²) >= 11 is 4.03. The minimum atomic E-state index is -0.391. The first-order chi connectivity index (χ1) is 7.77. The van der Waals surface area contributed by atoms with Crippen molar-refractivity contribution in [3.8, 4) is 11.8 Å². The molecule has 16 heavy (non-hydrogen) atoms. The van der Waals surface area contributed by atoms with Gasteiger partial charge in [0.2, 0.25) is 0 Å². The molecule has 0 aliphatic carbocycles. The number of hydrogen-bond donors (Lipinski definition) is 1. The Morgan fingerprint density at radius 1 is 1.44 bits per heavy atom. The van der Waals surface area contributed by atoms with Crippen molar-refractivity contribution < 1.29 is 9.53 Å². The van der Waals surface area contributed by atoms with E-state index in [0.29, 0.717) is 11.3 Å². The Kier molecular flexibility index (Phi) is 5.24. The third kappa shape index (κ3) is 3.84. The van der Waals surface area contributed by atoms with E-state index in [1.54, 1.807) is 0 Å². The highest BCUT2D eigenvalue weighted by molar-refractivity contribution is 7.80. The Bertz CT molecular complexity index is 438. The Hall–Kier alpha value is -1.66. The van der Waals surface area contributed by atoms with Crippen LogP contribution in [-0.4, -0.2) is 18.8 Å². The lowest BCUT2D eigenvalue weighted by atomic mass is 10.2. The fraction of sp³-hybridized carbons (Fsp3) is 0.154. The molecule has 3 heteroatoms. The lowest BCUT2D eigenvalue weighted by Gasteiger charge is -1.97. The summed E-state index contributed by atoms with van der Waals surface area (Å²) in [6.45, 7) is 0. The van der Waals surface area contributed by atoms with Gasteiger partial charge < -0.3 is 4.74 Å². The predicted molar refractivity (Wildman–Crippen MR) is 67.3 cm³/mol. The number of carbonyl (C=O) groups excluding carboxylic acids is 1. The van der Waals surface area contributed by atoms with Crippen molar-refractivity contribution >= 4 is 18.6 Å². The van der Waals surface area contributed by atoms with Crippen LogP contribution < -0.4 is 0 Å². The second kappa shape index (κ2) is 6.76. The monoisotopic (exact) mass is 232 g/mol. The van der Waals surface area contributed by atoms with Gasteiger partial charge in [-0.1, -0.05) is 30.0 Å². The third-order valence-electron chi connectivity index (χ3n) is 1.85. The lowest BCUT2D eigenvalue weighted by Crippen LogP contribution is -2.05. The number of methoxy groups -OCH3 is 1. The molecule has 0 saturated carbocycles. The van der Waals surface area contributed by atoms with Crippen LogP contribution in [0.4, 0.5) is 0 Å². The molecule has 0 amide bonds. The number of rotatable bonds is 2. The van der Waals surface area contributed by atoms with E-state index >= 15 is 0 Å². The third-order valence-corrected chi connectivity index (χ3v) is 2.20. The molecule has 1 aromatic carbocycles. The highest BCUT2D eigenvalue weighted by atomic mass is 32.1. The predicted octanol–water partition coefficient (Wildman–Crippen LogP) is 2.07. The van der Waals surface area contributed by atoms with Crippen LogP contribution in [0, 0.1) is 11.8 Å². The maximum Gasteiger partial charge on any atom is 0.335 e. The van der Waals surface area contributed by atoms with Crippen LogP contribution >= 0.6 is 12.6 Å². The van der Waals surface area contributed by atoms with Crippen LogP contribution in [-0.2, 0) is 9.53 Å². The summed E-state index contributed by atoms with van der Waals surface area (Å²) in [6, 6.07) is 9.55. The molecule has 1 aromatic rings. The van der Waals surface area contributed by atoms with E-state index in [1.807, 2.05) is 30.3 Å². The first-order valence-corrected chi connectivity index (χ1v) is 5.36. The van der Waals surface area contributed by atoms with Gasteiger partial charge in [0.1, 0.15) is 0 Å². The summed E-state index contributed by atoms with van der Waals surface area (Å²) in [6.07, 6.45) is 1.53. The molecular formula is C13H12O2S. The van der Waals surface area contributed by atoms with Crippen molar-refractivity contribution in [1.29, 1.82) is 0 Å². The smallest absolute Gasteiger partial charge is 0.335 e. The first-order valence-electron chi connectivity index (χ1n) is 4.72. The lowest BCUT2D eigenvalue weighted by molar-refractivity contribution is -0.135. The van der Waals surface area contributed by atoms with Crippen molar-refractivity contribution in [3.05, 3.63) is 47.5 Å². The van der Waals surface area contributed by atoms with Crippen molar-refractivity contribution in [2.24, 2.45) is 0 Å². The Morgan fingerprint density at radius 3 is 2.69 bits per heavy atom. The van der Waals surface area contributed by atoms with Crippen LogP contribution in [0.5, 0.6) is 0 Å². The van der Waals surface area contributed by atoms with Crippen LogP contribution in [0.1, 0.15) is 5.56 Å². The van der Waals surface area contributed by atoms with Crippen molar-refractivity contribution in [3.63, 3.8) is 0 Å². The number of esters is 1. The maximum atomic E-state index is 11.2. The average molecular weight is 232 g/mol. The number of carbonyl (C=O) groups is 1. The SMILES string of the molecule is COC(=O)/C(=C/C#Cc1ccccc1)CS. The molecule has 0 N–H and O–H groups in total. The molecule has 2 nitrogen and oxygen atoms in total. The van der Waals surface area contributed by atoms with Crippen molar-refractivity contribution in [2.75, 3.05) is 12.9 Å². The molecule has 0 saturated heterocycles. The minimum absolute atomic E-state index is 0.316. The van der Waals surface area contributed by atoms with Gasteiger partial charge in [-0.15, -0.1) is 0 Å². The number of allylic oxidation sites excluding steroid dienone is 1. The fourth-order valence-corrected chi connectivity index (χ4v) is 1.25. The molecule has 0 aliphatic heterocycles. The Labute approximate surface area is 101 Å². The van der Waals surface area contributed by atoms with Crippen LogP contribution in [0.2, 0.25) is 0 Å². The van der Waals surface area contributed by atoms with Crippen molar-refractivity contribution in [1.82, 2.24) is 0 Å². The van der Waals surface area contributed by atoms with Gasteiger partial charge >= 0.3 is 5.97 Å². The van der Waals surface area contributed by atoms with Gasteiger partial charge in [-0.2, -0.15) is 12.6 Å². The van der Waals surface area contributed by atoms with E-state index in [1.165, 1.54) is 13.2 Å². The van der Waals surface area contributed by atoms with Gasteiger partial charge in [0.05, 0.1) is 12.7 Å². The standard InChI is InChI=1S/C13H12O2S/c1-15-13(14)12(10-16)9-5-8-11-6-3-2-4-7-11/h2-4,6-7,9,16H,10H2,1H3/b12-9+. The largest absolute Gasteiger partial charge is 0.466 e. The summed E-state index contributed by atoms with van der Waals surface area (Å²) in [5.41, 5.74) is 1.36. The second-order valence-electron chi connectivity index (χ2n) is 2.95. The van der Waals surface area contributed by atoms with Gasteiger partial charge in [0.15, 0.2) is 0 Å². The van der Waals surface area contributed by atoms with Gasteiger partial charge in [0.25, 0.3) is 0 Å². The van der Waals surface area contributed by atoms with Crippen LogP contribution in [0.15, 0.2) is 42.0 Å². The zero-order valence-electron chi connectivity index (χ0n) is 8.93. The molecule has 0 aromatic heterocycles. The summed E-state index contributed by atoms with van der Waals surface area (Å²) in [7, 11) is 1.34. The summed E-state index contributed by atoms with van der Waals surface area (Å²) in [4.78, 5) is 11.2. The summed E-state index contributed by atoms with van der Waals surface area (Å²) < 4.78 is 4.58. The molecule has 0 radical (unpaired) electrons.